The lowest BCUT2D eigenvalue weighted by Gasteiger charge is -2.50. The summed E-state index contributed by atoms with van der Waals surface area (Å²) in [5, 5.41) is 3.34. The van der Waals surface area contributed by atoms with E-state index in [9.17, 15) is 0 Å². The normalized spacial score (nSPS) is 24.0. The molecule has 2 atom stereocenters. The van der Waals surface area contributed by atoms with E-state index >= 15 is 0 Å². The Balaban J connectivity index is 1.62. The van der Waals surface area contributed by atoms with Gasteiger partial charge in [-0.2, -0.15) is 0 Å². The minimum absolute atomic E-state index is 0.231. The van der Waals surface area contributed by atoms with Gasteiger partial charge in [0.05, 0.1) is 12.2 Å². The molecule has 2 aromatic rings. The van der Waals surface area contributed by atoms with Crippen molar-refractivity contribution in [1.29, 1.82) is 0 Å². The Labute approximate surface area is 172 Å². The highest BCUT2D eigenvalue weighted by Crippen LogP contribution is 2.44. The molecule has 1 heterocycles. The molecule has 2 heteroatoms. The van der Waals surface area contributed by atoms with Crippen LogP contribution < -0.4 is 10.4 Å². The molecule has 0 bridgehead atoms. The van der Waals surface area contributed by atoms with Crippen LogP contribution in [0.3, 0.4) is 0 Å². The zero-order valence-electron chi connectivity index (χ0n) is 17.9. The average molecular weight is 393 g/mol. The Morgan fingerprint density at radius 2 is 1.32 bits per heavy atom. The molecule has 0 N–H and O–H groups in total. The van der Waals surface area contributed by atoms with Crippen LogP contribution in [0.5, 0.6) is 0 Å². The van der Waals surface area contributed by atoms with Crippen molar-refractivity contribution < 1.29 is 4.74 Å². The van der Waals surface area contributed by atoms with Gasteiger partial charge in [-0.3, -0.25) is 0 Å². The Morgan fingerprint density at radius 3 is 1.79 bits per heavy atom. The van der Waals surface area contributed by atoms with Crippen molar-refractivity contribution in [1.82, 2.24) is 0 Å². The SMILES string of the molecule is CC(C)(C)[Si](C[C@@H]1C[C@H](C2CCCCC2)O1)(c1ccccc1)c1ccccc1. The van der Waals surface area contributed by atoms with Crippen LogP contribution in [0.25, 0.3) is 0 Å². The highest BCUT2D eigenvalue weighted by atomic mass is 28.3. The number of hydrogen-bond donors (Lipinski definition) is 0. The highest BCUT2D eigenvalue weighted by Gasteiger charge is 2.51. The van der Waals surface area contributed by atoms with Crippen LogP contribution in [0.1, 0.15) is 59.3 Å². The summed E-state index contributed by atoms with van der Waals surface area (Å²) in [4.78, 5) is 0. The number of ether oxygens (including phenoxy) is 1. The first-order valence-electron chi connectivity index (χ1n) is 11.3. The van der Waals surface area contributed by atoms with E-state index in [1.165, 1.54) is 44.6 Å². The Bertz CT molecular complexity index is 698. The van der Waals surface area contributed by atoms with E-state index in [2.05, 4.69) is 81.4 Å². The van der Waals surface area contributed by atoms with Gasteiger partial charge in [0.2, 0.25) is 0 Å². The van der Waals surface area contributed by atoms with Crippen molar-refractivity contribution in [3.63, 3.8) is 0 Å². The highest BCUT2D eigenvalue weighted by molar-refractivity contribution is 7.04. The first kappa shape index (κ1) is 19.9. The van der Waals surface area contributed by atoms with Crippen LogP contribution in [0.15, 0.2) is 60.7 Å². The summed E-state index contributed by atoms with van der Waals surface area (Å²) in [5.74, 6) is 0.823. The second-order valence-electron chi connectivity index (χ2n) is 10.0. The predicted octanol–water partition coefficient (Wildman–Crippen LogP) is 5.79. The largest absolute Gasteiger partial charge is 0.375 e. The van der Waals surface area contributed by atoms with Gasteiger partial charge in [-0.1, -0.05) is 111 Å². The van der Waals surface area contributed by atoms with Gasteiger partial charge in [0, 0.05) is 0 Å². The molecule has 2 aromatic carbocycles. The second kappa shape index (κ2) is 8.16. The third-order valence-corrected chi connectivity index (χ3v) is 13.7. The van der Waals surface area contributed by atoms with Crippen LogP contribution in [0.4, 0.5) is 0 Å². The van der Waals surface area contributed by atoms with E-state index in [1.807, 2.05) is 0 Å². The van der Waals surface area contributed by atoms with Gasteiger partial charge in [0.1, 0.15) is 8.07 Å². The van der Waals surface area contributed by atoms with Crippen LogP contribution in [0.2, 0.25) is 11.1 Å². The van der Waals surface area contributed by atoms with Crippen LogP contribution in [-0.4, -0.2) is 20.3 Å². The van der Waals surface area contributed by atoms with Gasteiger partial charge in [-0.15, -0.1) is 0 Å². The molecule has 0 unspecified atom stereocenters. The summed E-state index contributed by atoms with van der Waals surface area (Å²) in [6.07, 6.45) is 9.24. The smallest absolute Gasteiger partial charge is 0.125 e. The lowest BCUT2D eigenvalue weighted by Crippen LogP contribution is -2.66. The molecule has 150 valence electrons. The maximum Gasteiger partial charge on any atom is 0.125 e. The van der Waals surface area contributed by atoms with Gasteiger partial charge >= 0.3 is 0 Å². The van der Waals surface area contributed by atoms with E-state index in [-0.39, 0.29) is 5.04 Å². The maximum atomic E-state index is 6.61. The lowest BCUT2D eigenvalue weighted by molar-refractivity contribution is -0.146. The van der Waals surface area contributed by atoms with E-state index in [0.717, 1.165) is 5.92 Å². The second-order valence-corrected chi connectivity index (χ2v) is 14.9. The molecule has 0 aromatic heterocycles. The van der Waals surface area contributed by atoms with Crippen LogP contribution in [0, 0.1) is 5.92 Å². The number of benzene rings is 2. The zero-order chi connectivity index (χ0) is 19.6. The van der Waals surface area contributed by atoms with Gasteiger partial charge in [0.15, 0.2) is 0 Å². The van der Waals surface area contributed by atoms with Crippen LogP contribution >= 0.6 is 0 Å². The molecule has 4 rings (SSSR count). The molecule has 0 radical (unpaired) electrons. The fraction of sp³-hybridized carbons (Fsp3) is 0.538. The van der Waals surface area contributed by atoms with Gasteiger partial charge in [-0.05, 0) is 36.3 Å². The van der Waals surface area contributed by atoms with Gasteiger partial charge in [-0.25, -0.2) is 0 Å². The fourth-order valence-corrected chi connectivity index (χ4v) is 11.4. The third-order valence-electron chi connectivity index (χ3n) is 7.39. The molecular weight excluding hydrogens is 356 g/mol. The Hall–Kier alpha value is -1.38. The third kappa shape index (κ3) is 3.74. The monoisotopic (exact) mass is 392 g/mol. The lowest BCUT2D eigenvalue weighted by atomic mass is 9.81. The minimum atomic E-state index is -1.99. The maximum absolute atomic E-state index is 6.61. The Kier molecular flexibility index (Phi) is 5.80. The molecule has 1 saturated carbocycles. The molecule has 2 aliphatic rings. The molecule has 0 spiro atoms. The van der Waals surface area contributed by atoms with E-state index < -0.39 is 8.07 Å². The topological polar surface area (TPSA) is 9.23 Å². The average Bonchev–Trinajstić information content (AvgIpc) is 2.68. The van der Waals surface area contributed by atoms with Crippen molar-refractivity contribution in [2.75, 3.05) is 0 Å². The van der Waals surface area contributed by atoms with Gasteiger partial charge in [0.25, 0.3) is 0 Å². The molecular formula is C26H36OSi. The first-order valence-corrected chi connectivity index (χ1v) is 13.5. The molecule has 0 amide bonds. The molecule has 1 aliphatic heterocycles. The Morgan fingerprint density at radius 1 is 0.821 bits per heavy atom. The predicted molar refractivity (Wildman–Crippen MR) is 122 cm³/mol. The summed E-state index contributed by atoms with van der Waals surface area (Å²) in [6.45, 7) is 7.36. The van der Waals surface area contributed by atoms with Crippen molar-refractivity contribution in [2.24, 2.45) is 5.92 Å². The van der Waals surface area contributed by atoms with Crippen LogP contribution in [-0.2, 0) is 4.74 Å². The van der Waals surface area contributed by atoms with Crippen molar-refractivity contribution in [2.45, 2.75) is 82.6 Å². The van der Waals surface area contributed by atoms with Crippen molar-refractivity contribution >= 4 is 18.4 Å². The number of rotatable bonds is 5. The molecule has 1 saturated heterocycles. The summed E-state index contributed by atoms with van der Waals surface area (Å²) < 4.78 is 6.61. The van der Waals surface area contributed by atoms with E-state index in [1.54, 1.807) is 10.4 Å². The zero-order valence-corrected chi connectivity index (χ0v) is 18.9. The molecule has 28 heavy (non-hydrogen) atoms. The van der Waals surface area contributed by atoms with Crippen molar-refractivity contribution in [3.05, 3.63) is 60.7 Å². The molecule has 1 nitrogen and oxygen atoms in total. The van der Waals surface area contributed by atoms with E-state index in [4.69, 9.17) is 4.74 Å². The summed E-state index contributed by atoms with van der Waals surface area (Å²) in [5.41, 5.74) is 0. The standard InChI is InChI=1S/C26H36OSi/c1-26(2,3)28(23-15-9-5-10-16-23,24-17-11-6-12-18-24)20-22-19-25(27-22)21-13-7-4-8-14-21/h5-6,9-12,15-18,21-22,25H,4,7-8,13-14,19-20H2,1-3H3/t22-,25+/m0/s1. The van der Waals surface area contributed by atoms with E-state index in [0.29, 0.717) is 12.2 Å². The minimum Gasteiger partial charge on any atom is -0.375 e. The number of hydrogen-bond acceptors (Lipinski definition) is 1. The summed E-state index contributed by atoms with van der Waals surface area (Å²) in [7, 11) is -1.99. The molecule has 2 fully saturated rings. The van der Waals surface area contributed by atoms with Gasteiger partial charge < -0.3 is 4.74 Å². The van der Waals surface area contributed by atoms with Crippen molar-refractivity contribution in [3.8, 4) is 0 Å². The first-order chi connectivity index (χ1) is 13.5. The molecule has 1 aliphatic carbocycles. The summed E-state index contributed by atoms with van der Waals surface area (Å²) >= 11 is 0. The quantitative estimate of drug-likeness (QED) is 0.585. The fourth-order valence-electron chi connectivity index (χ4n) is 5.80. The summed E-state index contributed by atoms with van der Waals surface area (Å²) in [6, 6.07) is 23.9.